The van der Waals surface area contributed by atoms with Gasteiger partial charge < -0.3 is 26.6 Å². The lowest BCUT2D eigenvalue weighted by Crippen LogP contribution is -2.73. The van der Waals surface area contributed by atoms with E-state index in [1.54, 1.807) is 4.68 Å². The van der Waals surface area contributed by atoms with Crippen LogP contribution in [0.2, 0.25) is 0 Å². The first-order valence-corrected chi connectivity index (χ1v) is 22.4. The molecule has 0 aromatic carbocycles. The van der Waals surface area contributed by atoms with Gasteiger partial charge in [-0.25, -0.2) is 13.5 Å². The Balaban J connectivity index is 1.10. The SMILES string of the molecule is CN1CCC[C@@H]1C(=O)N1CCN(C2C(NC(=O)c3c(N)nn4c3NCC(F)(C3CCCCCCCCC3)C4)CNCC2(F)C2CCCCCCCCC2)CC1. The molecule has 5 N–H and O–H groups in total. The molecule has 6 aliphatic rings. The number of carbonyl (C=O) groups is 2. The molecule has 7 rings (SSSR count). The Hall–Kier alpha value is -2.51. The summed E-state index contributed by atoms with van der Waals surface area (Å²) in [6.07, 6.45) is 21.3. The van der Waals surface area contributed by atoms with Crippen molar-refractivity contribution in [2.24, 2.45) is 11.8 Å². The van der Waals surface area contributed by atoms with E-state index in [0.29, 0.717) is 38.5 Å². The average molecular weight is 772 g/mol. The summed E-state index contributed by atoms with van der Waals surface area (Å²) in [4.78, 5) is 34.3. The number of hydrogen-bond donors (Lipinski definition) is 4. The third-order valence-corrected chi connectivity index (χ3v) is 14.6. The van der Waals surface area contributed by atoms with E-state index < -0.39 is 29.3 Å². The van der Waals surface area contributed by atoms with Crippen molar-refractivity contribution in [2.45, 2.75) is 164 Å². The van der Waals surface area contributed by atoms with Crippen molar-refractivity contribution >= 4 is 23.5 Å². The zero-order valence-corrected chi connectivity index (χ0v) is 33.8. The van der Waals surface area contributed by atoms with Gasteiger partial charge in [-0.05, 0) is 64.0 Å². The Morgan fingerprint density at radius 1 is 0.764 bits per heavy atom. The predicted molar refractivity (Wildman–Crippen MR) is 215 cm³/mol. The van der Waals surface area contributed by atoms with E-state index in [1.807, 2.05) is 11.9 Å². The topological polar surface area (TPSA) is 124 Å². The summed E-state index contributed by atoms with van der Waals surface area (Å²) in [5.41, 5.74) is 3.67. The van der Waals surface area contributed by atoms with Gasteiger partial charge in [0.15, 0.2) is 5.82 Å². The molecule has 3 saturated heterocycles. The second-order valence-corrected chi connectivity index (χ2v) is 18.2. The number of halogens is 2. The fraction of sp³-hybridized carbons (Fsp3) is 0.881. The molecular weight excluding hydrogens is 701 g/mol. The standard InChI is InChI=1S/C42H71F2N9O2/c1-50-22-16-21-34(50)40(55)52-25-23-51(24-26-52)36-33(27-46-29-42(36,44)32-19-14-10-6-3-7-11-15-20-32)48-39(54)35-37(45)49-53-30-41(43,28-47-38(35)53)31-17-12-8-4-2-5-9-13-18-31/h31-34,36,46-47H,2-30H2,1H3,(H2,45,49)(H,48,54)/t33?,34-,36?,41?,42?/m1/s1. The summed E-state index contributed by atoms with van der Waals surface area (Å²) < 4.78 is 36.8. The number of carbonyl (C=O) groups excluding carboxylic acids is 2. The number of nitrogen functional groups attached to an aromatic ring is 1. The maximum Gasteiger partial charge on any atom is 0.259 e. The highest BCUT2D eigenvalue weighted by atomic mass is 19.1. The molecule has 11 nitrogen and oxygen atoms in total. The molecule has 1 aromatic heterocycles. The van der Waals surface area contributed by atoms with Crippen LogP contribution in [0, 0.1) is 11.8 Å². The maximum absolute atomic E-state index is 18.3. The summed E-state index contributed by atoms with van der Waals surface area (Å²) in [5.74, 6) is 0.0915. The van der Waals surface area contributed by atoms with Crippen molar-refractivity contribution in [3.63, 3.8) is 0 Å². The summed E-state index contributed by atoms with van der Waals surface area (Å²) in [5, 5.41) is 14.5. The van der Waals surface area contributed by atoms with Crippen molar-refractivity contribution in [3.8, 4) is 0 Å². The van der Waals surface area contributed by atoms with E-state index >= 15 is 8.78 Å². The lowest BCUT2D eigenvalue weighted by molar-refractivity contribution is -0.139. The molecule has 5 atom stereocenters. The van der Waals surface area contributed by atoms with Crippen LogP contribution in [0.1, 0.15) is 139 Å². The Bertz CT molecular complexity index is 1420. The first-order valence-electron chi connectivity index (χ1n) is 22.4. The highest BCUT2D eigenvalue weighted by Gasteiger charge is 2.54. The van der Waals surface area contributed by atoms with Crippen LogP contribution in [0.3, 0.4) is 0 Å². The number of nitrogens with one attached hydrogen (secondary N) is 3. The summed E-state index contributed by atoms with van der Waals surface area (Å²) in [6, 6.07) is -1.18. The van der Waals surface area contributed by atoms with E-state index in [4.69, 9.17) is 5.73 Å². The fourth-order valence-electron chi connectivity index (χ4n) is 11.4. The first kappa shape index (κ1) is 40.7. The number of likely N-dealkylation sites (N-methyl/N-ethyl adjacent to an activating group) is 1. The number of piperazine rings is 1. The molecule has 310 valence electrons. The molecule has 2 amide bonds. The number of nitrogens with zero attached hydrogens (tertiary/aromatic N) is 5. The molecule has 0 bridgehead atoms. The van der Waals surface area contributed by atoms with Crippen molar-refractivity contribution in [2.75, 3.05) is 70.5 Å². The van der Waals surface area contributed by atoms with E-state index in [0.717, 1.165) is 96.4 Å². The van der Waals surface area contributed by atoms with Crippen LogP contribution in [-0.4, -0.2) is 125 Å². The summed E-state index contributed by atoms with van der Waals surface area (Å²) in [6.45, 7) is 4.01. The molecule has 0 spiro atoms. The zero-order valence-electron chi connectivity index (χ0n) is 33.8. The zero-order chi connectivity index (χ0) is 38.4. The fourth-order valence-corrected chi connectivity index (χ4v) is 11.4. The normalized spacial score (nSPS) is 33.4. The molecule has 1 aromatic rings. The number of aromatic nitrogens is 2. The molecule has 2 aliphatic carbocycles. The van der Waals surface area contributed by atoms with Gasteiger partial charge in [-0.1, -0.05) is 89.9 Å². The summed E-state index contributed by atoms with van der Waals surface area (Å²) >= 11 is 0. The van der Waals surface area contributed by atoms with Crippen molar-refractivity contribution < 1.29 is 18.4 Å². The Morgan fingerprint density at radius 3 is 1.93 bits per heavy atom. The number of likely N-dealkylation sites (tertiary alicyclic amines) is 1. The van der Waals surface area contributed by atoms with Crippen molar-refractivity contribution in [1.82, 2.24) is 35.1 Å². The highest BCUT2D eigenvalue weighted by Crippen LogP contribution is 2.42. The number of hydrogen-bond acceptors (Lipinski definition) is 8. The number of piperidine rings is 1. The molecule has 5 heterocycles. The van der Waals surface area contributed by atoms with E-state index in [-0.39, 0.29) is 54.8 Å². The van der Waals surface area contributed by atoms with Crippen LogP contribution >= 0.6 is 0 Å². The van der Waals surface area contributed by atoms with Gasteiger partial charge >= 0.3 is 0 Å². The third kappa shape index (κ3) is 9.14. The second-order valence-electron chi connectivity index (χ2n) is 18.2. The van der Waals surface area contributed by atoms with Crippen LogP contribution < -0.4 is 21.7 Å². The number of alkyl halides is 2. The minimum atomic E-state index is -1.57. The van der Waals surface area contributed by atoms with Gasteiger partial charge in [0.2, 0.25) is 5.91 Å². The summed E-state index contributed by atoms with van der Waals surface area (Å²) in [7, 11) is 2.03. The molecule has 4 aliphatic heterocycles. The number of anilines is 2. The number of fused-ring (bicyclic) bond motifs is 1. The van der Waals surface area contributed by atoms with Gasteiger partial charge in [0.05, 0.1) is 31.2 Å². The molecule has 13 heteroatoms. The molecule has 4 unspecified atom stereocenters. The first-order chi connectivity index (χ1) is 26.7. The van der Waals surface area contributed by atoms with Gasteiger partial charge in [-0.2, -0.15) is 5.10 Å². The van der Waals surface area contributed by atoms with Crippen molar-refractivity contribution in [1.29, 1.82) is 0 Å². The minimum absolute atomic E-state index is 0.0679. The van der Waals surface area contributed by atoms with Gasteiger partial charge in [-0.3, -0.25) is 19.4 Å². The Labute approximate surface area is 328 Å². The number of nitrogens with two attached hydrogens (primary N) is 1. The largest absolute Gasteiger partial charge is 0.381 e. The molecular formula is C42H71F2N9O2. The minimum Gasteiger partial charge on any atom is -0.381 e. The van der Waals surface area contributed by atoms with Gasteiger partial charge in [0, 0.05) is 39.3 Å². The lowest BCUT2D eigenvalue weighted by Gasteiger charge is -2.53. The van der Waals surface area contributed by atoms with Crippen LogP contribution in [-0.2, 0) is 11.3 Å². The molecule has 55 heavy (non-hydrogen) atoms. The average Bonchev–Trinajstić information content (AvgIpc) is 3.76. The quantitative estimate of drug-likeness (QED) is 0.282. The van der Waals surface area contributed by atoms with Crippen LogP contribution in [0.5, 0.6) is 0 Å². The number of amides is 2. The Kier molecular flexibility index (Phi) is 13.6. The monoisotopic (exact) mass is 772 g/mol. The van der Waals surface area contributed by atoms with Crippen LogP contribution in [0.4, 0.5) is 20.4 Å². The van der Waals surface area contributed by atoms with Crippen LogP contribution in [0.25, 0.3) is 0 Å². The molecule has 2 saturated carbocycles. The van der Waals surface area contributed by atoms with E-state index in [2.05, 4.69) is 30.8 Å². The Morgan fingerprint density at radius 2 is 1.35 bits per heavy atom. The van der Waals surface area contributed by atoms with Crippen molar-refractivity contribution in [3.05, 3.63) is 5.56 Å². The van der Waals surface area contributed by atoms with Crippen LogP contribution in [0.15, 0.2) is 0 Å². The predicted octanol–water partition coefficient (Wildman–Crippen LogP) is 5.90. The van der Waals surface area contributed by atoms with Gasteiger partial charge in [0.25, 0.3) is 5.91 Å². The lowest BCUT2D eigenvalue weighted by atomic mass is 9.71. The molecule has 5 fully saturated rings. The van der Waals surface area contributed by atoms with E-state index in [1.165, 1.54) is 38.5 Å². The number of rotatable bonds is 6. The third-order valence-electron chi connectivity index (χ3n) is 14.6. The maximum atomic E-state index is 18.3. The highest BCUT2D eigenvalue weighted by molar-refractivity contribution is 6.03. The second kappa shape index (κ2) is 18.4. The van der Waals surface area contributed by atoms with Gasteiger partial charge in [0.1, 0.15) is 22.7 Å². The van der Waals surface area contributed by atoms with Gasteiger partial charge in [-0.15, -0.1) is 0 Å². The molecule has 0 radical (unpaired) electrons. The smallest absolute Gasteiger partial charge is 0.259 e. The van der Waals surface area contributed by atoms with E-state index in [9.17, 15) is 9.59 Å².